The Hall–Kier alpha value is -0.920. The Bertz CT molecular complexity index is 535. The van der Waals surface area contributed by atoms with E-state index >= 15 is 0 Å². The number of aromatic nitrogens is 1. The topological polar surface area (TPSA) is 81.4 Å². The molecule has 0 aliphatic heterocycles. The lowest BCUT2D eigenvalue weighted by Crippen LogP contribution is -2.27. The molecule has 0 atom stereocenters. The van der Waals surface area contributed by atoms with Gasteiger partial charge in [-0.25, -0.2) is 13.1 Å². The third-order valence-electron chi connectivity index (χ3n) is 3.95. The van der Waals surface area contributed by atoms with Crippen LogP contribution in [0, 0.1) is 13.8 Å². The molecule has 0 saturated carbocycles. The lowest BCUT2D eigenvalue weighted by Gasteiger charge is -2.07. The van der Waals surface area contributed by atoms with E-state index in [9.17, 15) is 8.42 Å². The van der Waals surface area contributed by atoms with Crippen LogP contribution in [-0.2, 0) is 20.5 Å². The van der Waals surface area contributed by atoms with Gasteiger partial charge in [0.2, 0.25) is 10.0 Å². The molecule has 1 N–H and O–H groups in total. The van der Waals surface area contributed by atoms with Crippen LogP contribution < -0.4 is 4.72 Å². The first-order valence-electron chi connectivity index (χ1n) is 8.93. The Morgan fingerprint density at radius 1 is 1.04 bits per heavy atom. The number of nitrogens with zero attached hydrogens (tertiary/aromatic N) is 1. The molecule has 1 rings (SSSR count). The Balaban J connectivity index is 2.06. The van der Waals surface area contributed by atoms with Crippen LogP contribution in [0.15, 0.2) is 4.52 Å². The summed E-state index contributed by atoms with van der Waals surface area (Å²) in [5.74, 6) is 0.465. The molecule has 0 aliphatic rings. The van der Waals surface area contributed by atoms with Crippen molar-refractivity contribution in [1.82, 2.24) is 9.88 Å². The number of ether oxygens (including phenoxy) is 1. The van der Waals surface area contributed by atoms with Gasteiger partial charge in [-0.15, -0.1) is 0 Å². The molecule has 0 aromatic carbocycles. The van der Waals surface area contributed by atoms with Crippen LogP contribution in [0.2, 0.25) is 0 Å². The fraction of sp³-hybridized carbons (Fsp3) is 0.824. The summed E-state index contributed by atoms with van der Waals surface area (Å²) in [5, 5.41) is 3.77. The summed E-state index contributed by atoms with van der Waals surface area (Å²) >= 11 is 0. The second kappa shape index (κ2) is 11.6. The smallest absolute Gasteiger partial charge is 0.215 e. The molecule has 0 unspecified atom stereocenters. The van der Waals surface area contributed by atoms with E-state index < -0.39 is 10.0 Å². The predicted molar refractivity (Wildman–Crippen MR) is 95.4 cm³/mol. The third kappa shape index (κ3) is 8.80. The number of aryl methyl sites for hydroxylation is 2. The van der Waals surface area contributed by atoms with E-state index in [1.54, 1.807) is 13.8 Å². The minimum atomic E-state index is -3.37. The zero-order valence-corrected chi connectivity index (χ0v) is 16.1. The van der Waals surface area contributed by atoms with Crippen LogP contribution in [0.4, 0.5) is 0 Å². The fourth-order valence-electron chi connectivity index (χ4n) is 2.44. The van der Waals surface area contributed by atoms with E-state index in [2.05, 4.69) is 16.8 Å². The van der Waals surface area contributed by atoms with Crippen molar-refractivity contribution in [3.8, 4) is 0 Å². The van der Waals surface area contributed by atoms with Gasteiger partial charge in [0, 0.05) is 25.3 Å². The van der Waals surface area contributed by atoms with E-state index in [-0.39, 0.29) is 5.75 Å². The first-order chi connectivity index (χ1) is 11.5. The van der Waals surface area contributed by atoms with Crippen molar-refractivity contribution in [2.75, 3.05) is 19.8 Å². The Morgan fingerprint density at radius 3 is 2.38 bits per heavy atom. The van der Waals surface area contributed by atoms with E-state index in [1.165, 1.54) is 32.1 Å². The van der Waals surface area contributed by atoms with Crippen LogP contribution in [0.3, 0.4) is 0 Å². The van der Waals surface area contributed by atoms with Crippen molar-refractivity contribution in [2.45, 2.75) is 71.5 Å². The molecule has 0 radical (unpaired) electrons. The molecule has 0 fully saturated rings. The van der Waals surface area contributed by atoms with Crippen LogP contribution in [0.5, 0.6) is 0 Å². The number of unbranched alkanes of at least 4 members (excludes halogenated alkanes) is 5. The monoisotopic (exact) mass is 360 g/mol. The van der Waals surface area contributed by atoms with Crippen molar-refractivity contribution in [3.05, 3.63) is 17.0 Å². The van der Waals surface area contributed by atoms with Gasteiger partial charge >= 0.3 is 0 Å². The predicted octanol–water partition coefficient (Wildman–Crippen LogP) is 3.48. The fourth-order valence-corrected chi connectivity index (χ4v) is 3.79. The van der Waals surface area contributed by atoms with E-state index in [0.29, 0.717) is 36.6 Å². The van der Waals surface area contributed by atoms with Crippen LogP contribution in [-0.4, -0.2) is 33.3 Å². The molecule has 1 heterocycles. The first kappa shape index (κ1) is 21.1. The molecular weight excluding hydrogens is 328 g/mol. The third-order valence-corrected chi connectivity index (χ3v) is 5.26. The van der Waals surface area contributed by atoms with Crippen molar-refractivity contribution >= 4 is 10.0 Å². The summed E-state index contributed by atoms with van der Waals surface area (Å²) < 4.78 is 37.2. The maximum absolute atomic E-state index is 12.0. The standard InChI is InChI=1S/C17H32N2O4S/c1-4-5-6-7-8-9-12-22-13-10-11-18-24(20,21)14-17-15(2)19-23-16(17)3/h18H,4-14H2,1-3H3. The molecule has 0 bridgehead atoms. The van der Waals surface area contributed by atoms with E-state index in [0.717, 1.165) is 13.0 Å². The van der Waals surface area contributed by atoms with Crippen LogP contribution in [0.25, 0.3) is 0 Å². The van der Waals surface area contributed by atoms with Gasteiger partial charge < -0.3 is 9.26 Å². The molecule has 0 spiro atoms. The zero-order chi connectivity index (χ0) is 17.8. The number of nitrogens with one attached hydrogen (secondary N) is 1. The number of hydrogen-bond donors (Lipinski definition) is 1. The highest BCUT2D eigenvalue weighted by Gasteiger charge is 2.17. The Labute approximate surface area is 146 Å². The van der Waals surface area contributed by atoms with Gasteiger partial charge in [-0.3, -0.25) is 0 Å². The second-order valence-corrected chi connectivity index (χ2v) is 8.00. The van der Waals surface area contributed by atoms with Gasteiger partial charge in [0.25, 0.3) is 0 Å². The lowest BCUT2D eigenvalue weighted by atomic mass is 10.1. The Kier molecular flexibility index (Phi) is 10.2. The number of hydrogen-bond acceptors (Lipinski definition) is 5. The first-order valence-corrected chi connectivity index (χ1v) is 10.6. The molecule has 1 aromatic heterocycles. The van der Waals surface area contributed by atoms with Gasteiger partial charge in [-0.05, 0) is 26.7 Å². The number of rotatable bonds is 14. The largest absolute Gasteiger partial charge is 0.381 e. The summed E-state index contributed by atoms with van der Waals surface area (Å²) in [6, 6.07) is 0. The van der Waals surface area contributed by atoms with E-state index in [4.69, 9.17) is 9.26 Å². The van der Waals surface area contributed by atoms with Gasteiger partial charge in [-0.2, -0.15) is 0 Å². The van der Waals surface area contributed by atoms with Crippen molar-refractivity contribution in [2.24, 2.45) is 0 Å². The van der Waals surface area contributed by atoms with Crippen LogP contribution >= 0.6 is 0 Å². The summed E-state index contributed by atoms with van der Waals surface area (Å²) in [7, 11) is -3.37. The van der Waals surface area contributed by atoms with Crippen molar-refractivity contribution in [1.29, 1.82) is 0 Å². The SMILES string of the molecule is CCCCCCCCOCCCNS(=O)(=O)Cc1c(C)noc1C. The van der Waals surface area contributed by atoms with Crippen LogP contribution in [0.1, 0.15) is 68.9 Å². The molecule has 0 aliphatic carbocycles. The highest BCUT2D eigenvalue weighted by Crippen LogP contribution is 2.15. The Morgan fingerprint density at radius 2 is 1.71 bits per heavy atom. The normalized spacial score (nSPS) is 12.0. The maximum atomic E-state index is 12.0. The average Bonchev–Trinajstić information content (AvgIpc) is 2.84. The summed E-state index contributed by atoms with van der Waals surface area (Å²) in [5.41, 5.74) is 1.27. The molecule has 140 valence electrons. The maximum Gasteiger partial charge on any atom is 0.215 e. The second-order valence-electron chi connectivity index (χ2n) is 6.19. The highest BCUT2D eigenvalue weighted by molar-refractivity contribution is 7.88. The minimum absolute atomic E-state index is 0.0905. The molecular formula is C17H32N2O4S. The molecule has 0 amide bonds. The molecule has 1 aromatic rings. The summed E-state index contributed by atoms with van der Waals surface area (Å²) in [6.07, 6.45) is 8.14. The highest BCUT2D eigenvalue weighted by atomic mass is 32.2. The molecule has 24 heavy (non-hydrogen) atoms. The molecule has 0 saturated heterocycles. The van der Waals surface area contributed by atoms with Gasteiger partial charge in [0.15, 0.2) is 0 Å². The molecule has 7 heteroatoms. The lowest BCUT2D eigenvalue weighted by molar-refractivity contribution is 0.128. The summed E-state index contributed by atoms with van der Waals surface area (Å²) in [6.45, 7) is 7.42. The zero-order valence-electron chi connectivity index (χ0n) is 15.3. The van der Waals surface area contributed by atoms with Gasteiger partial charge in [0.1, 0.15) is 5.76 Å². The van der Waals surface area contributed by atoms with Gasteiger partial charge in [0.05, 0.1) is 11.4 Å². The van der Waals surface area contributed by atoms with Gasteiger partial charge in [-0.1, -0.05) is 44.2 Å². The average molecular weight is 361 g/mol. The van der Waals surface area contributed by atoms with Crippen molar-refractivity contribution < 1.29 is 17.7 Å². The molecule has 6 nitrogen and oxygen atoms in total. The number of sulfonamides is 1. The van der Waals surface area contributed by atoms with E-state index in [1.807, 2.05) is 0 Å². The summed E-state index contributed by atoms with van der Waals surface area (Å²) in [4.78, 5) is 0. The quantitative estimate of drug-likeness (QED) is 0.514. The minimum Gasteiger partial charge on any atom is -0.381 e. The van der Waals surface area contributed by atoms with Crippen molar-refractivity contribution in [3.63, 3.8) is 0 Å².